The molecule has 1 unspecified atom stereocenters. The lowest BCUT2D eigenvalue weighted by molar-refractivity contribution is -0.124. The quantitative estimate of drug-likeness (QED) is 0.887. The van der Waals surface area contributed by atoms with Crippen LogP contribution in [0.25, 0.3) is 0 Å². The Labute approximate surface area is 111 Å². The van der Waals surface area contributed by atoms with Gasteiger partial charge >= 0.3 is 0 Å². The van der Waals surface area contributed by atoms with Crippen molar-refractivity contribution in [2.24, 2.45) is 5.41 Å². The summed E-state index contributed by atoms with van der Waals surface area (Å²) in [6.07, 6.45) is 1.51. The number of amides is 1. The highest BCUT2D eigenvalue weighted by molar-refractivity contribution is 6.31. The van der Waals surface area contributed by atoms with E-state index >= 15 is 0 Å². The Balaban J connectivity index is 2.18. The zero-order valence-corrected chi connectivity index (χ0v) is 11.0. The molecule has 1 aliphatic heterocycles. The van der Waals surface area contributed by atoms with Crippen LogP contribution in [0.2, 0.25) is 5.02 Å². The smallest absolute Gasteiger partial charge is 0.231 e. The molecular weight excluding hydrogens is 255 g/mol. The van der Waals surface area contributed by atoms with Gasteiger partial charge in [0.15, 0.2) is 5.82 Å². The molecule has 1 heterocycles. The number of halogens is 2. The third-order valence-corrected chi connectivity index (χ3v) is 3.89. The molecule has 2 N–H and O–H groups in total. The van der Waals surface area contributed by atoms with Gasteiger partial charge in [0.2, 0.25) is 5.91 Å². The molecule has 0 aromatic heterocycles. The normalized spacial score (nSPS) is 23.1. The van der Waals surface area contributed by atoms with Crippen LogP contribution in [-0.4, -0.2) is 19.0 Å². The van der Waals surface area contributed by atoms with E-state index in [1.165, 1.54) is 12.1 Å². The Morgan fingerprint density at radius 1 is 1.61 bits per heavy atom. The van der Waals surface area contributed by atoms with Crippen molar-refractivity contribution in [2.45, 2.75) is 19.8 Å². The van der Waals surface area contributed by atoms with Gasteiger partial charge in [-0.25, -0.2) is 4.39 Å². The zero-order valence-electron chi connectivity index (χ0n) is 10.2. The van der Waals surface area contributed by atoms with E-state index in [9.17, 15) is 9.18 Å². The molecule has 0 radical (unpaired) electrons. The molecule has 98 valence electrons. The van der Waals surface area contributed by atoms with Crippen LogP contribution in [0, 0.1) is 11.2 Å². The summed E-state index contributed by atoms with van der Waals surface area (Å²) in [7, 11) is 0. The van der Waals surface area contributed by atoms with Crippen molar-refractivity contribution in [1.82, 2.24) is 5.32 Å². The van der Waals surface area contributed by atoms with Crippen molar-refractivity contribution >= 4 is 23.2 Å². The molecular formula is C13H16ClFN2O. The van der Waals surface area contributed by atoms with Crippen molar-refractivity contribution in [3.8, 4) is 0 Å². The summed E-state index contributed by atoms with van der Waals surface area (Å²) in [5.74, 6) is -0.721. The van der Waals surface area contributed by atoms with E-state index in [-0.39, 0.29) is 16.6 Å². The van der Waals surface area contributed by atoms with Gasteiger partial charge in [-0.05, 0) is 31.5 Å². The molecule has 0 aliphatic carbocycles. The van der Waals surface area contributed by atoms with Crippen molar-refractivity contribution in [2.75, 3.05) is 18.4 Å². The summed E-state index contributed by atoms with van der Waals surface area (Å²) in [5.41, 5.74) is -0.290. The number of hydrogen-bond donors (Lipinski definition) is 2. The fraction of sp³-hybridized carbons (Fsp3) is 0.462. The minimum absolute atomic E-state index is 0.0166. The first-order valence-corrected chi connectivity index (χ1v) is 6.43. The molecule has 1 fully saturated rings. The molecule has 1 atom stereocenters. The lowest BCUT2D eigenvalue weighted by Gasteiger charge is -2.25. The van der Waals surface area contributed by atoms with Crippen molar-refractivity contribution in [1.29, 1.82) is 0 Å². The summed E-state index contributed by atoms with van der Waals surface area (Å²) in [6.45, 7) is 3.43. The Morgan fingerprint density at radius 2 is 2.39 bits per heavy atom. The van der Waals surface area contributed by atoms with Crippen LogP contribution < -0.4 is 10.6 Å². The molecule has 0 spiro atoms. The monoisotopic (exact) mass is 270 g/mol. The highest BCUT2D eigenvalue weighted by Gasteiger charge is 2.39. The molecule has 2 rings (SSSR count). The van der Waals surface area contributed by atoms with Gasteiger partial charge < -0.3 is 10.6 Å². The van der Waals surface area contributed by atoms with Crippen LogP contribution in [0.4, 0.5) is 10.1 Å². The Bertz CT molecular complexity index is 458. The third kappa shape index (κ3) is 2.35. The average molecular weight is 271 g/mol. The van der Waals surface area contributed by atoms with E-state index in [0.29, 0.717) is 6.54 Å². The van der Waals surface area contributed by atoms with Crippen LogP contribution in [-0.2, 0) is 4.79 Å². The summed E-state index contributed by atoms with van der Waals surface area (Å²) in [4.78, 5) is 12.3. The Morgan fingerprint density at radius 3 is 3.00 bits per heavy atom. The largest absolute Gasteiger partial charge is 0.323 e. The maximum atomic E-state index is 13.7. The van der Waals surface area contributed by atoms with E-state index in [1.54, 1.807) is 6.07 Å². The molecule has 3 nitrogen and oxygen atoms in total. The van der Waals surface area contributed by atoms with Crippen LogP contribution in [0.5, 0.6) is 0 Å². The van der Waals surface area contributed by atoms with Gasteiger partial charge in [-0.15, -0.1) is 0 Å². The molecule has 0 bridgehead atoms. The number of carbonyl (C=O) groups is 1. The summed E-state index contributed by atoms with van der Waals surface area (Å²) in [5, 5.41) is 5.84. The molecule has 1 aliphatic rings. The van der Waals surface area contributed by atoms with Gasteiger partial charge in [-0.1, -0.05) is 24.6 Å². The standard InChI is InChI=1S/C13H16ClFN2O/c1-2-13(6-7-16-8-13)12(18)17-10-5-3-4-9(14)11(10)15/h3-5,16H,2,6-8H2,1H3,(H,17,18). The van der Waals surface area contributed by atoms with Gasteiger partial charge in [-0.3, -0.25) is 4.79 Å². The first-order valence-electron chi connectivity index (χ1n) is 6.05. The first-order chi connectivity index (χ1) is 8.59. The van der Waals surface area contributed by atoms with Crippen molar-refractivity contribution in [3.63, 3.8) is 0 Å². The van der Waals surface area contributed by atoms with Crippen molar-refractivity contribution in [3.05, 3.63) is 29.0 Å². The Kier molecular flexibility index (Phi) is 3.88. The molecule has 5 heteroatoms. The topological polar surface area (TPSA) is 41.1 Å². The van der Waals surface area contributed by atoms with Gasteiger partial charge in [0.25, 0.3) is 0 Å². The number of nitrogens with one attached hydrogen (secondary N) is 2. The first kappa shape index (κ1) is 13.3. The van der Waals surface area contributed by atoms with Crippen LogP contribution in [0.1, 0.15) is 19.8 Å². The van der Waals surface area contributed by atoms with Crippen LogP contribution in [0.15, 0.2) is 18.2 Å². The van der Waals surface area contributed by atoms with E-state index < -0.39 is 11.2 Å². The maximum Gasteiger partial charge on any atom is 0.231 e. The SMILES string of the molecule is CCC1(C(=O)Nc2cccc(Cl)c2F)CCNC1. The fourth-order valence-corrected chi connectivity index (χ4v) is 2.43. The van der Waals surface area contributed by atoms with E-state index in [2.05, 4.69) is 10.6 Å². The van der Waals surface area contributed by atoms with E-state index in [4.69, 9.17) is 11.6 Å². The average Bonchev–Trinajstić information content (AvgIpc) is 2.85. The van der Waals surface area contributed by atoms with Gasteiger partial charge in [-0.2, -0.15) is 0 Å². The third-order valence-electron chi connectivity index (χ3n) is 3.60. The highest BCUT2D eigenvalue weighted by atomic mass is 35.5. The number of anilines is 1. The zero-order chi connectivity index (χ0) is 13.2. The lowest BCUT2D eigenvalue weighted by Crippen LogP contribution is -2.37. The molecule has 1 aromatic rings. The fourth-order valence-electron chi connectivity index (χ4n) is 2.26. The molecule has 0 saturated carbocycles. The van der Waals surface area contributed by atoms with Gasteiger partial charge in [0, 0.05) is 6.54 Å². The van der Waals surface area contributed by atoms with Gasteiger partial charge in [0.05, 0.1) is 16.1 Å². The molecule has 1 saturated heterocycles. The van der Waals surface area contributed by atoms with Gasteiger partial charge in [0.1, 0.15) is 0 Å². The number of carbonyl (C=O) groups excluding carboxylic acids is 1. The molecule has 1 amide bonds. The Hall–Kier alpha value is -1.13. The van der Waals surface area contributed by atoms with Crippen LogP contribution >= 0.6 is 11.6 Å². The summed E-state index contributed by atoms with van der Waals surface area (Å²) >= 11 is 5.69. The predicted octanol–water partition coefficient (Wildman–Crippen LogP) is 2.81. The highest BCUT2D eigenvalue weighted by Crippen LogP contribution is 2.32. The second-order valence-electron chi connectivity index (χ2n) is 4.62. The number of rotatable bonds is 3. The lowest BCUT2D eigenvalue weighted by atomic mass is 9.83. The predicted molar refractivity (Wildman–Crippen MR) is 70.3 cm³/mol. The minimum atomic E-state index is -0.579. The molecule has 18 heavy (non-hydrogen) atoms. The maximum absolute atomic E-state index is 13.7. The van der Waals surface area contributed by atoms with Crippen LogP contribution in [0.3, 0.4) is 0 Å². The molecule has 1 aromatic carbocycles. The second-order valence-corrected chi connectivity index (χ2v) is 5.02. The number of hydrogen-bond acceptors (Lipinski definition) is 2. The minimum Gasteiger partial charge on any atom is -0.323 e. The van der Waals surface area contributed by atoms with E-state index in [1.807, 2.05) is 6.92 Å². The second kappa shape index (κ2) is 5.24. The summed E-state index contributed by atoms with van der Waals surface area (Å²) in [6, 6.07) is 4.59. The number of benzene rings is 1. The van der Waals surface area contributed by atoms with E-state index in [0.717, 1.165) is 19.4 Å². The summed E-state index contributed by atoms with van der Waals surface area (Å²) < 4.78 is 13.7. The van der Waals surface area contributed by atoms with Crippen molar-refractivity contribution < 1.29 is 9.18 Å².